The number of pyridine rings is 2. The van der Waals surface area contributed by atoms with Crippen LogP contribution < -0.4 is 10.6 Å². The second kappa shape index (κ2) is 9.10. The van der Waals surface area contributed by atoms with Gasteiger partial charge >= 0.3 is 0 Å². The van der Waals surface area contributed by atoms with Crippen LogP contribution in [0.15, 0.2) is 60.7 Å². The smallest absolute Gasteiger partial charge is 0.141 e. The van der Waals surface area contributed by atoms with Gasteiger partial charge in [0.15, 0.2) is 0 Å². The first-order valence-electron chi connectivity index (χ1n) is 11.3. The quantitative estimate of drug-likeness (QED) is 0.364. The average Bonchev–Trinajstić information content (AvgIpc) is 2.83. The number of nitrogens with zero attached hydrogens (tertiary/aromatic N) is 2. The van der Waals surface area contributed by atoms with Gasteiger partial charge in [-0.2, -0.15) is 0 Å². The lowest BCUT2D eigenvalue weighted by Gasteiger charge is -2.33. The molecule has 0 bridgehead atoms. The Morgan fingerprint density at radius 1 is 0.656 bits per heavy atom. The number of aromatic hydroxyl groups is 2. The summed E-state index contributed by atoms with van der Waals surface area (Å²) in [5, 5.41) is 29.5. The second-order valence-corrected chi connectivity index (χ2v) is 8.56. The van der Waals surface area contributed by atoms with Crippen molar-refractivity contribution in [1.29, 1.82) is 0 Å². The number of fused-ring (bicyclic) bond motifs is 2. The summed E-state index contributed by atoms with van der Waals surface area (Å²) in [5.41, 5.74) is 3.15. The van der Waals surface area contributed by atoms with E-state index in [-0.39, 0.29) is 11.5 Å². The number of rotatable bonds is 6. The van der Waals surface area contributed by atoms with Crippen LogP contribution in [-0.2, 0) is 13.1 Å². The molecule has 2 heterocycles. The lowest BCUT2D eigenvalue weighted by atomic mass is 9.90. The maximum absolute atomic E-state index is 10.1. The standard InChI is InChI=1S/C26H28N4O2/c31-23-9-3-5-17-11-13-19(29-25(17)23)15-27-21-7-1-2-8-22(21)28-16-20-14-12-18-6-4-10-24(32)26(18)30-20/h3-6,9-14,21-22,27-28,31-32H,1-2,7-8,15-16H2. The third-order valence-corrected chi connectivity index (χ3v) is 6.37. The van der Waals surface area contributed by atoms with Gasteiger partial charge in [0.25, 0.3) is 0 Å². The Hall–Kier alpha value is -3.22. The highest BCUT2D eigenvalue weighted by atomic mass is 16.3. The molecule has 0 aliphatic heterocycles. The summed E-state index contributed by atoms with van der Waals surface area (Å²) >= 11 is 0. The van der Waals surface area contributed by atoms with Crippen molar-refractivity contribution in [2.75, 3.05) is 0 Å². The van der Waals surface area contributed by atoms with Crippen LogP contribution in [0.3, 0.4) is 0 Å². The van der Waals surface area contributed by atoms with Gasteiger partial charge in [0.1, 0.15) is 22.5 Å². The summed E-state index contributed by atoms with van der Waals surface area (Å²) in [7, 11) is 0. The Balaban J connectivity index is 1.24. The summed E-state index contributed by atoms with van der Waals surface area (Å²) in [6.45, 7) is 1.32. The number of phenolic OH excluding ortho intramolecular Hbond substituents is 2. The van der Waals surface area contributed by atoms with Crippen LogP contribution in [0.1, 0.15) is 37.1 Å². The molecule has 2 aromatic heterocycles. The van der Waals surface area contributed by atoms with Gasteiger partial charge < -0.3 is 20.8 Å². The number of hydrogen-bond acceptors (Lipinski definition) is 6. The van der Waals surface area contributed by atoms with Crippen LogP contribution in [0.4, 0.5) is 0 Å². The van der Waals surface area contributed by atoms with Crippen molar-refractivity contribution in [2.24, 2.45) is 0 Å². The topological polar surface area (TPSA) is 90.3 Å². The lowest BCUT2D eigenvalue weighted by molar-refractivity contribution is 0.280. The highest BCUT2D eigenvalue weighted by Crippen LogP contribution is 2.24. The molecule has 1 saturated carbocycles. The van der Waals surface area contributed by atoms with E-state index in [9.17, 15) is 10.2 Å². The molecule has 0 spiro atoms. The molecule has 0 amide bonds. The lowest BCUT2D eigenvalue weighted by Crippen LogP contribution is -2.49. The van der Waals surface area contributed by atoms with Crippen molar-refractivity contribution in [1.82, 2.24) is 20.6 Å². The summed E-state index contributed by atoms with van der Waals surface area (Å²) in [6.07, 6.45) is 4.65. The average molecular weight is 429 g/mol. The highest BCUT2D eigenvalue weighted by Gasteiger charge is 2.24. The molecule has 1 aliphatic rings. The van der Waals surface area contributed by atoms with Crippen molar-refractivity contribution in [3.63, 3.8) is 0 Å². The van der Waals surface area contributed by atoms with Crippen molar-refractivity contribution >= 4 is 21.8 Å². The third kappa shape index (κ3) is 4.38. The summed E-state index contributed by atoms with van der Waals surface area (Å²) in [5.74, 6) is 0.436. The zero-order valence-electron chi connectivity index (χ0n) is 18.0. The van der Waals surface area contributed by atoms with Gasteiger partial charge in [-0.05, 0) is 37.1 Å². The van der Waals surface area contributed by atoms with Crippen molar-refractivity contribution in [3.8, 4) is 11.5 Å². The molecule has 6 nitrogen and oxygen atoms in total. The Bertz CT molecular complexity index is 1150. The number of para-hydroxylation sites is 2. The monoisotopic (exact) mass is 428 g/mol. The van der Waals surface area contributed by atoms with E-state index >= 15 is 0 Å². The van der Waals surface area contributed by atoms with Gasteiger partial charge in [0.05, 0.1) is 11.4 Å². The normalized spacial score (nSPS) is 18.9. The van der Waals surface area contributed by atoms with Crippen LogP contribution >= 0.6 is 0 Å². The predicted molar refractivity (Wildman–Crippen MR) is 127 cm³/mol. The molecule has 2 unspecified atom stereocenters. The number of benzene rings is 2. The van der Waals surface area contributed by atoms with Crippen molar-refractivity contribution < 1.29 is 10.2 Å². The maximum Gasteiger partial charge on any atom is 0.141 e. The summed E-state index contributed by atoms with van der Waals surface area (Å²) in [6, 6.07) is 19.7. The Kier molecular flexibility index (Phi) is 5.88. The molecule has 5 rings (SSSR count). The van der Waals surface area contributed by atoms with Gasteiger partial charge in [-0.3, -0.25) is 0 Å². The van der Waals surface area contributed by atoms with Gasteiger partial charge in [-0.25, -0.2) is 9.97 Å². The molecule has 2 aromatic carbocycles. The van der Waals surface area contributed by atoms with Crippen LogP contribution in [0.25, 0.3) is 21.8 Å². The van der Waals surface area contributed by atoms with Crippen LogP contribution in [0.2, 0.25) is 0 Å². The number of nitrogens with one attached hydrogen (secondary N) is 2. The molecular weight excluding hydrogens is 400 g/mol. The molecule has 0 saturated heterocycles. The Labute approximate surface area is 187 Å². The van der Waals surface area contributed by atoms with Gasteiger partial charge in [0, 0.05) is 35.9 Å². The first kappa shape index (κ1) is 20.7. The van der Waals surface area contributed by atoms with Gasteiger partial charge in [0.2, 0.25) is 0 Å². The van der Waals surface area contributed by atoms with E-state index in [2.05, 4.69) is 20.6 Å². The molecule has 2 atom stereocenters. The van der Waals surface area contributed by atoms with Crippen LogP contribution in [-0.4, -0.2) is 32.3 Å². The van der Waals surface area contributed by atoms with Gasteiger partial charge in [-0.1, -0.05) is 49.2 Å². The van der Waals surface area contributed by atoms with E-state index < -0.39 is 0 Å². The highest BCUT2D eigenvalue weighted by molar-refractivity contribution is 5.84. The minimum absolute atomic E-state index is 0.218. The van der Waals surface area contributed by atoms with Crippen molar-refractivity contribution in [3.05, 3.63) is 72.1 Å². The molecular formula is C26H28N4O2. The van der Waals surface area contributed by atoms with E-state index in [0.717, 1.165) is 35.0 Å². The fourth-order valence-electron chi connectivity index (χ4n) is 4.63. The SMILES string of the molecule is Oc1cccc2ccc(CNC3CCCCC3NCc3ccc4cccc(O)c4n3)nc12. The van der Waals surface area contributed by atoms with Crippen molar-refractivity contribution in [2.45, 2.75) is 50.9 Å². The fourth-order valence-corrected chi connectivity index (χ4v) is 4.63. The molecule has 164 valence electrons. The van der Waals surface area contributed by atoms with E-state index in [0.29, 0.717) is 36.2 Å². The van der Waals surface area contributed by atoms with E-state index in [4.69, 9.17) is 0 Å². The maximum atomic E-state index is 10.1. The van der Waals surface area contributed by atoms with E-state index in [1.165, 1.54) is 12.8 Å². The summed E-state index contributed by atoms with van der Waals surface area (Å²) < 4.78 is 0. The molecule has 32 heavy (non-hydrogen) atoms. The fraction of sp³-hybridized carbons (Fsp3) is 0.308. The molecule has 0 radical (unpaired) electrons. The third-order valence-electron chi connectivity index (χ3n) is 6.37. The minimum Gasteiger partial charge on any atom is -0.506 e. The number of hydrogen-bond donors (Lipinski definition) is 4. The second-order valence-electron chi connectivity index (χ2n) is 8.56. The number of phenols is 2. The number of aromatic nitrogens is 2. The zero-order chi connectivity index (χ0) is 21.9. The molecule has 6 heteroatoms. The summed E-state index contributed by atoms with van der Waals surface area (Å²) in [4.78, 5) is 9.30. The first-order chi connectivity index (χ1) is 15.7. The Morgan fingerprint density at radius 3 is 1.59 bits per heavy atom. The van der Waals surface area contributed by atoms with Crippen LogP contribution in [0.5, 0.6) is 11.5 Å². The predicted octanol–water partition coefficient (Wildman–Crippen LogP) is 4.38. The molecule has 1 aliphatic carbocycles. The minimum atomic E-state index is 0.218. The van der Waals surface area contributed by atoms with E-state index in [1.54, 1.807) is 12.1 Å². The van der Waals surface area contributed by atoms with Gasteiger partial charge in [-0.15, -0.1) is 0 Å². The molecule has 4 N–H and O–H groups in total. The van der Waals surface area contributed by atoms with E-state index in [1.807, 2.05) is 48.5 Å². The van der Waals surface area contributed by atoms with Crippen LogP contribution in [0, 0.1) is 0 Å². The Morgan fingerprint density at radius 2 is 1.12 bits per heavy atom. The molecule has 4 aromatic rings. The largest absolute Gasteiger partial charge is 0.506 e. The molecule has 1 fully saturated rings. The first-order valence-corrected chi connectivity index (χ1v) is 11.3. The zero-order valence-corrected chi connectivity index (χ0v) is 18.0.